The van der Waals surface area contributed by atoms with Crippen LogP contribution in [-0.4, -0.2) is 56.5 Å². The van der Waals surface area contributed by atoms with Crippen molar-refractivity contribution in [1.82, 2.24) is 24.3 Å². The Hall–Kier alpha value is -4.52. The van der Waals surface area contributed by atoms with Gasteiger partial charge in [-0.1, -0.05) is 29.8 Å². The van der Waals surface area contributed by atoms with Gasteiger partial charge < -0.3 is 20.7 Å². The van der Waals surface area contributed by atoms with Gasteiger partial charge in [0, 0.05) is 41.8 Å². The van der Waals surface area contributed by atoms with Crippen molar-refractivity contribution in [3.8, 4) is 28.3 Å². The van der Waals surface area contributed by atoms with Gasteiger partial charge in [-0.3, -0.25) is 14.3 Å². The highest BCUT2D eigenvalue weighted by Crippen LogP contribution is 2.30. The maximum Gasteiger partial charge on any atom is 0.284 e. The largest absolute Gasteiger partial charge is 0.382 e. The smallest absolute Gasteiger partial charge is 0.284 e. The maximum absolute atomic E-state index is 13.3. The van der Waals surface area contributed by atoms with Crippen LogP contribution in [0.5, 0.6) is 0 Å². The quantitative estimate of drug-likeness (QED) is 0.292. The predicted molar refractivity (Wildman–Crippen MR) is 165 cm³/mol. The standard InChI is InChI=1S/C29H27ClN8O3S/c1-17-24(28(40)38(36(17)2)21-5-3-4-19(30)14-21)27(39)33-20-8-6-18(7-9-20)25-26(31)32-15-22(34-25)23-16-42-29(35-23)37-10-12-41-13-11-37/h3-9,14-16H,10-13H2,1-2H3,(H2,31,32)(H,33,39). The number of rotatable bonds is 6. The van der Waals surface area contributed by atoms with E-state index in [1.807, 2.05) is 5.38 Å². The van der Waals surface area contributed by atoms with Crippen molar-refractivity contribution in [2.75, 3.05) is 42.3 Å². The fourth-order valence-electron chi connectivity index (χ4n) is 4.79. The Balaban J connectivity index is 1.22. The summed E-state index contributed by atoms with van der Waals surface area (Å²) in [5, 5.41) is 6.19. The number of thiazole rings is 1. The molecule has 42 heavy (non-hydrogen) atoms. The summed E-state index contributed by atoms with van der Waals surface area (Å²) in [5.41, 5.74) is 9.97. The van der Waals surface area contributed by atoms with Gasteiger partial charge in [0.25, 0.3) is 11.5 Å². The van der Waals surface area contributed by atoms with Crippen LogP contribution >= 0.6 is 22.9 Å². The van der Waals surface area contributed by atoms with E-state index in [0.29, 0.717) is 46.7 Å². The topological polar surface area (TPSA) is 133 Å². The van der Waals surface area contributed by atoms with E-state index in [1.54, 1.807) is 84.7 Å². The molecule has 2 aromatic carbocycles. The molecule has 11 nitrogen and oxygen atoms in total. The number of morpholine rings is 1. The first-order valence-electron chi connectivity index (χ1n) is 13.2. The van der Waals surface area contributed by atoms with Crippen LogP contribution in [0.1, 0.15) is 16.1 Å². The number of anilines is 3. The Bertz CT molecular complexity index is 1840. The van der Waals surface area contributed by atoms with E-state index in [1.165, 1.54) is 4.68 Å². The van der Waals surface area contributed by atoms with Gasteiger partial charge >= 0.3 is 0 Å². The molecule has 1 aliphatic heterocycles. The highest BCUT2D eigenvalue weighted by atomic mass is 35.5. The summed E-state index contributed by atoms with van der Waals surface area (Å²) in [5.74, 6) is -0.233. The zero-order chi connectivity index (χ0) is 29.4. The lowest BCUT2D eigenvalue weighted by atomic mass is 10.1. The summed E-state index contributed by atoms with van der Waals surface area (Å²) >= 11 is 7.68. The number of hydrogen-bond acceptors (Lipinski definition) is 9. The molecule has 3 aromatic heterocycles. The normalized spacial score (nSPS) is 13.4. The van der Waals surface area contributed by atoms with Crippen molar-refractivity contribution in [2.45, 2.75) is 6.92 Å². The number of nitrogens with one attached hydrogen (secondary N) is 1. The molecule has 0 bridgehead atoms. The van der Waals surface area contributed by atoms with Crippen molar-refractivity contribution >= 4 is 45.5 Å². The van der Waals surface area contributed by atoms with Crippen LogP contribution in [0.2, 0.25) is 5.02 Å². The lowest BCUT2D eigenvalue weighted by molar-refractivity contribution is 0.102. The average molecular weight is 603 g/mol. The van der Waals surface area contributed by atoms with Gasteiger partial charge in [-0.25, -0.2) is 19.6 Å². The van der Waals surface area contributed by atoms with Crippen LogP contribution in [0.4, 0.5) is 16.6 Å². The molecule has 1 saturated heterocycles. The van der Waals surface area contributed by atoms with Gasteiger partial charge in [0.2, 0.25) is 0 Å². The SMILES string of the molecule is Cc1c(C(=O)Nc2ccc(-c3nc(-c4csc(N5CCOCC5)n4)cnc3N)cc2)c(=O)n(-c2cccc(Cl)c2)n1C. The number of aromatic nitrogens is 5. The summed E-state index contributed by atoms with van der Waals surface area (Å²) in [6, 6.07) is 13.9. The van der Waals surface area contributed by atoms with E-state index in [0.717, 1.165) is 29.5 Å². The molecule has 1 fully saturated rings. The van der Waals surface area contributed by atoms with Crippen molar-refractivity contribution in [2.24, 2.45) is 7.05 Å². The number of halogens is 1. The number of amides is 1. The van der Waals surface area contributed by atoms with Gasteiger partial charge in [0.15, 0.2) is 5.13 Å². The number of nitrogens with zero attached hydrogens (tertiary/aromatic N) is 6. The third-order valence-electron chi connectivity index (χ3n) is 7.09. The Kier molecular flexibility index (Phi) is 7.50. The average Bonchev–Trinajstić information content (AvgIpc) is 3.57. The fraction of sp³-hybridized carbons (Fsp3) is 0.207. The third-order valence-corrected chi connectivity index (χ3v) is 8.22. The van der Waals surface area contributed by atoms with E-state index in [-0.39, 0.29) is 11.4 Å². The van der Waals surface area contributed by atoms with Crippen LogP contribution < -0.4 is 21.5 Å². The Morgan fingerprint density at radius 1 is 1.10 bits per heavy atom. The van der Waals surface area contributed by atoms with Gasteiger partial charge in [-0.15, -0.1) is 11.3 Å². The molecule has 0 radical (unpaired) electrons. The minimum atomic E-state index is -0.512. The van der Waals surface area contributed by atoms with Crippen molar-refractivity contribution in [3.05, 3.63) is 86.7 Å². The minimum absolute atomic E-state index is 0.0454. The fourth-order valence-corrected chi connectivity index (χ4v) is 5.85. The zero-order valence-electron chi connectivity index (χ0n) is 22.9. The molecule has 5 aromatic rings. The van der Waals surface area contributed by atoms with Gasteiger partial charge in [-0.05, 0) is 37.3 Å². The van der Waals surface area contributed by atoms with E-state index < -0.39 is 11.5 Å². The number of carbonyl (C=O) groups is 1. The van der Waals surface area contributed by atoms with Crippen LogP contribution in [0, 0.1) is 6.92 Å². The second-order valence-corrected chi connectivity index (χ2v) is 11.0. The van der Waals surface area contributed by atoms with Crippen molar-refractivity contribution < 1.29 is 9.53 Å². The van der Waals surface area contributed by atoms with E-state index in [2.05, 4.69) is 15.2 Å². The molecule has 1 aliphatic rings. The zero-order valence-corrected chi connectivity index (χ0v) is 24.4. The predicted octanol–water partition coefficient (Wildman–Crippen LogP) is 4.39. The van der Waals surface area contributed by atoms with Crippen LogP contribution in [0.15, 0.2) is 64.9 Å². The van der Waals surface area contributed by atoms with Crippen molar-refractivity contribution in [1.29, 1.82) is 0 Å². The summed E-state index contributed by atoms with van der Waals surface area (Å²) in [7, 11) is 1.72. The Morgan fingerprint density at radius 3 is 2.60 bits per heavy atom. The molecule has 214 valence electrons. The highest BCUT2D eigenvalue weighted by molar-refractivity contribution is 7.14. The molecular weight excluding hydrogens is 576 g/mol. The molecule has 1 amide bonds. The Morgan fingerprint density at radius 2 is 1.86 bits per heavy atom. The van der Waals surface area contributed by atoms with E-state index in [9.17, 15) is 9.59 Å². The summed E-state index contributed by atoms with van der Waals surface area (Å²) < 4.78 is 8.48. The molecule has 0 saturated carbocycles. The molecule has 0 unspecified atom stereocenters. The van der Waals surface area contributed by atoms with Gasteiger partial charge in [-0.2, -0.15) is 0 Å². The number of carbonyl (C=O) groups excluding carboxylic acids is 1. The summed E-state index contributed by atoms with van der Waals surface area (Å²) in [4.78, 5) is 42.5. The first-order chi connectivity index (χ1) is 20.3. The first-order valence-corrected chi connectivity index (χ1v) is 14.4. The van der Waals surface area contributed by atoms with Gasteiger partial charge in [0.05, 0.1) is 30.8 Å². The Labute approximate surface area is 250 Å². The second-order valence-electron chi connectivity index (χ2n) is 9.72. The molecule has 0 aliphatic carbocycles. The second kappa shape index (κ2) is 11.4. The number of ether oxygens (including phenoxy) is 1. The molecular formula is C29H27ClN8O3S. The summed E-state index contributed by atoms with van der Waals surface area (Å²) in [6.07, 6.45) is 1.62. The number of benzene rings is 2. The molecule has 13 heteroatoms. The maximum atomic E-state index is 13.3. The molecule has 4 heterocycles. The minimum Gasteiger partial charge on any atom is -0.382 e. The van der Waals surface area contributed by atoms with E-state index >= 15 is 0 Å². The van der Waals surface area contributed by atoms with Crippen LogP contribution in [0.25, 0.3) is 28.3 Å². The van der Waals surface area contributed by atoms with Crippen molar-refractivity contribution in [3.63, 3.8) is 0 Å². The van der Waals surface area contributed by atoms with E-state index in [4.69, 9.17) is 32.0 Å². The molecule has 0 atom stereocenters. The third kappa shape index (κ3) is 5.27. The summed E-state index contributed by atoms with van der Waals surface area (Å²) in [6.45, 7) is 4.69. The molecule has 0 spiro atoms. The highest BCUT2D eigenvalue weighted by Gasteiger charge is 2.23. The lowest BCUT2D eigenvalue weighted by Gasteiger charge is -2.25. The van der Waals surface area contributed by atoms with Crippen LogP contribution in [-0.2, 0) is 11.8 Å². The molecule has 6 rings (SSSR count). The van der Waals surface area contributed by atoms with Gasteiger partial charge in [0.1, 0.15) is 28.5 Å². The monoisotopic (exact) mass is 602 g/mol. The lowest BCUT2D eigenvalue weighted by Crippen LogP contribution is -2.36. The van der Waals surface area contributed by atoms with Crippen LogP contribution in [0.3, 0.4) is 0 Å². The molecule has 3 N–H and O–H groups in total. The number of hydrogen-bond donors (Lipinski definition) is 2. The first kappa shape index (κ1) is 27.6. The number of nitrogens with two attached hydrogens (primary N) is 1. The number of nitrogen functional groups attached to an aromatic ring is 1.